The number of rotatable bonds is 4. The number of hydrogen-bond acceptors (Lipinski definition) is 5. The van der Waals surface area contributed by atoms with Crippen LogP contribution in [0.25, 0.3) is 0 Å². The van der Waals surface area contributed by atoms with Crippen LogP contribution in [0.1, 0.15) is 54.4 Å². The SMILES string of the molecule is Cc1cc(C(=O)NCC2(O)CCCCCC2)c(N)c([N+](=O)[O-])c1. The first kappa shape index (κ1) is 17.2. The lowest BCUT2D eigenvalue weighted by molar-refractivity contribution is -0.384. The molecule has 4 N–H and O–H groups in total. The zero-order valence-electron chi connectivity index (χ0n) is 13.3. The summed E-state index contributed by atoms with van der Waals surface area (Å²) >= 11 is 0. The van der Waals surface area contributed by atoms with E-state index < -0.39 is 16.4 Å². The minimum Gasteiger partial charge on any atom is -0.393 e. The molecule has 1 aliphatic rings. The van der Waals surface area contributed by atoms with Crippen LogP contribution >= 0.6 is 0 Å². The fraction of sp³-hybridized carbons (Fsp3) is 0.562. The Kier molecular flexibility index (Phi) is 5.20. The predicted molar refractivity (Wildman–Crippen MR) is 87.2 cm³/mol. The van der Waals surface area contributed by atoms with Gasteiger partial charge in [-0.2, -0.15) is 0 Å². The molecule has 0 spiro atoms. The van der Waals surface area contributed by atoms with E-state index in [4.69, 9.17) is 5.73 Å². The molecule has 0 aliphatic heterocycles. The van der Waals surface area contributed by atoms with E-state index >= 15 is 0 Å². The Bertz CT molecular complexity index is 608. The van der Waals surface area contributed by atoms with Gasteiger partial charge in [-0.15, -0.1) is 0 Å². The summed E-state index contributed by atoms with van der Waals surface area (Å²) in [6.07, 6.45) is 5.35. The van der Waals surface area contributed by atoms with Gasteiger partial charge in [0.1, 0.15) is 5.69 Å². The van der Waals surface area contributed by atoms with Crippen molar-refractivity contribution in [2.45, 2.75) is 51.0 Å². The molecule has 0 heterocycles. The van der Waals surface area contributed by atoms with E-state index in [0.717, 1.165) is 25.7 Å². The van der Waals surface area contributed by atoms with Gasteiger partial charge in [-0.05, 0) is 31.4 Å². The second kappa shape index (κ2) is 6.95. The number of aliphatic hydroxyl groups is 1. The lowest BCUT2D eigenvalue weighted by Crippen LogP contribution is -2.42. The van der Waals surface area contributed by atoms with Gasteiger partial charge in [0.05, 0.1) is 16.1 Å². The molecular formula is C16H23N3O4. The molecule has 0 atom stereocenters. The molecule has 2 rings (SSSR count). The highest BCUT2D eigenvalue weighted by molar-refractivity contribution is 6.01. The van der Waals surface area contributed by atoms with Crippen molar-refractivity contribution >= 4 is 17.3 Å². The van der Waals surface area contributed by atoms with Crippen LogP contribution in [0.2, 0.25) is 0 Å². The molecule has 1 aromatic carbocycles. The summed E-state index contributed by atoms with van der Waals surface area (Å²) in [5.41, 5.74) is 5.09. The molecule has 0 bridgehead atoms. The summed E-state index contributed by atoms with van der Waals surface area (Å²) in [4.78, 5) is 22.7. The molecule has 0 unspecified atom stereocenters. The maximum absolute atomic E-state index is 12.3. The first-order valence-corrected chi connectivity index (χ1v) is 7.87. The van der Waals surface area contributed by atoms with Gasteiger partial charge in [-0.25, -0.2) is 0 Å². The number of benzene rings is 1. The van der Waals surface area contributed by atoms with Crippen molar-refractivity contribution in [1.82, 2.24) is 5.32 Å². The van der Waals surface area contributed by atoms with E-state index in [-0.39, 0.29) is 23.5 Å². The third-order valence-corrected chi connectivity index (χ3v) is 4.36. The van der Waals surface area contributed by atoms with Crippen LogP contribution in [-0.4, -0.2) is 28.1 Å². The molecule has 0 radical (unpaired) electrons. The largest absolute Gasteiger partial charge is 0.393 e. The smallest absolute Gasteiger partial charge is 0.293 e. The molecule has 23 heavy (non-hydrogen) atoms. The number of aryl methyl sites for hydroxylation is 1. The van der Waals surface area contributed by atoms with E-state index in [9.17, 15) is 20.0 Å². The first-order valence-electron chi connectivity index (χ1n) is 7.87. The minimum atomic E-state index is -0.906. The van der Waals surface area contributed by atoms with E-state index in [1.165, 1.54) is 12.1 Å². The van der Waals surface area contributed by atoms with Crippen LogP contribution in [0.15, 0.2) is 12.1 Å². The van der Waals surface area contributed by atoms with Gasteiger partial charge in [0.15, 0.2) is 0 Å². The molecule has 1 saturated carbocycles. The summed E-state index contributed by atoms with van der Waals surface area (Å²) in [5.74, 6) is -0.494. The maximum Gasteiger partial charge on any atom is 0.293 e. The van der Waals surface area contributed by atoms with Crippen molar-refractivity contribution in [3.8, 4) is 0 Å². The minimum absolute atomic E-state index is 0.0777. The average molecular weight is 321 g/mol. The molecule has 7 nitrogen and oxygen atoms in total. The van der Waals surface area contributed by atoms with Gasteiger partial charge in [-0.1, -0.05) is 25.7 Å². The Balaban J connectivity index is 2.13. The molecule has 0 saturated heterocycles. The van der Waals surface area contributed by atoms with Crippen molar-refractivity contribution < 1.29 is 14.8 Å². The van der Waals surface area contributed by atoms with Gasteiger partial charge in [0, 0.05) is 12.6 Å². The van der Waals surface area contributed by atoms with Crippen LogP contribution in [0.3, 0.4) is 0 Å². The summed E-state index contributed by atoms with van der Waals surface area (Å²) in [7, 11) is 0. The zero-order valence-corrected chi connectivity index (χ0v) is 13.3. The van der Waals surface area contributed by atoms with Crippen molar-refractivity contribution in [1.29, 1.82) is 0 Å². The first-order chi connectivity index (χ1) is 10.8. The zero-order chi connectivity index (χ0) is 17.0. The summed E-state index contributed by atoms with van der Waals surface area (Å²) < 4.78 is 0. The predicted octanol–water partition coefficient (Wildman–Crippen LogP) is 2.30. The number of nitro benzene ring substituents is 1. The molecule has 0 aromatic heterocycles. The third-order valence-electron chi connectivity index (χ3n) is 4.36. The summed E-state index contributed by atoms with van der Waals surface area (Å²) in [5, 5.41) is 24.2. The molecule has 1 aliphatic carbocycles. The Morgan fingerprint density at radius 3 is 2.52 bits per heavy atom. The van der Waals surface area contributed by atoms with Gasteiger partial charge < -0.3 is 16.2 Å². The normalized spacial score (nSPS) is 17.3. The lowest BCUT2D eigenvalue weighted by Gasteiger charge is -2.26. The Hall–Kier alpha value is -2.15. The number of nitrogens with two attached hydrogens (primary N) is 1. The highest BCUT2D eigenvalue weighted by Gasteiger charge is 2.29. The monoisotopic (exact) mass is 321 g/mol. The van der Waals surface area contributed by atoms with E-state index in [1.54, 1.807) is 6.92 Å². The van der Waals surface area contributed by atoms with E-state index in [2.05, 4.69) is 5.32 Å². The van der Waals surface area contributed by atoms with Gasteiger partial charge in [0.2, 0.25) is 0 Å². The number of nitrogens with one attached hydrogen (secondary N) is 1. The number of anilines is 1. The number of nitrogens with zero attached hydrogens (tertiary/aromatic N) is 1. The van der Waals surface area contributed by atoms with Gasteiger partial charge in [0.25, 0.3) is 11.6 Å². The van der Waals surface area contributed by atoms with Crippen LogP contribution < -0.4 is 11.1 Å². The topological polar surface area (TPSA) is 118 Å². The van der Waals surface area contributed by atoms with Crippen molar-refractivity contribution in [2.24, 2.45) is 0 Å². The molecule has 126 valence electrons. The number of amides is 1. The quantitative estimate of drug-likeness (QED) is 0.340. The fourth-order valence-corrected chi connectivity index (χ4v) is 3.02. The Morgan fingerprint density at radius 2 is 1.96 bits per heavy atom. The van der Waals surface area contributed by atoms with Gasteiger partial charge >= 0.3 is 0 Å². The highest BCUT2D eigenvalue weighted by atomic mass is 16.6. The Labute approximate surface area is 135 Å². The van der Waals surface area contributed by atoms with Crippen molar-refractivity contribution in [3.63, 3.8) is 0 Å². The standard InChI is InChI=1S/C16H23N3O4/c1-11-8-12(14(17)13(9-11)19(22)23)15(20)18-10-16(21)6-4-2-3-5-7-16/h8-9,21H,2-7,10,17H2,1H3,(H,18,20). The van der Waals surface area contributed by atoms with Crippen LogP contribution in [0.5, 0.6) is 0 Å². The molecular weight excluding hydrogens is 298 g/mol. The second-order valence-electron chi connectivity index (χ2n) is 6.32. The number of nitrogen functional groups attached to an aromatic ring is 1. The highest BCUT2D eigenvalue weighted by Crippen LogP contribution is 2.28. The lowest BCUT2D eigenvalue weighted by atomic mass is 9.94. The average Bonchev–Trinajstić information content (AvgIpc) is 2.72. The van der Waals surface area contributed by atoms with E-state index in [0.29, 0.717) is 18.4 Å². The molecule has 7 heteroatoms. The van der Waals surface area contributed by atoms with Crippen LogP contribution in [0, 0.1) is 17.0 Å². The van der Waals surface area contributed by atoms with Crippen molar-refractivity contribution in [3.05, 3.63) is 33.4 Å². The van der Waals surface area contributed by atoms with Gasteiger partial charge in [-0.3, -0.25) is 14.9 Å². The molecule has 1 amide bonds. The summed E-state index contributed by atoms with van der Waals surface area (Å²) in [6, 6.07) is 2.86. The van der Waals surface area contributed by atoms with Crippen molar-refractivity contribution in [2.75, 3.05) is 12.3 Å². The van der Waals surface area contributed by atoms with Crippen LogP contribution in [0.4, 0.5) is 11.4 Å². The van der Waals surface area contributed by atoms with E-state index in [1.807, 2.05) is 0 Å². The second-order valence-corrected chi connectivity index (χ2v) is 6.32. The molecule has 1 fully saturated rings. The number of hydrogen-bond donors (Lipinski definition) is 3. The third kappa shape index (κ3) is 4.19. The molecule has 1 aromatic rings. The fourth-order valence-electron chi connectivity index (χ4n) is 3.02. The van der Waals surface area contributed by atoms with Crippen LogP contribution in [-0.2, 0) is 0 Å². The Morgan fingerprint density at radius 1 is 1.35 bits per heavy atom. The maximum atomic E-state index is 12.3. The number of nitro groups is 1. The number of carbonyl (C=O) groups excluding carboxylic acids is 1. The number of carbonyl (C=O) groups is 1. The summed E-state index contributed by atoms with van der Waals surface area (Å²) in [6.45, 7) is 1.80.